The molecule has 2 aliphatic carbocycles. The van der Waals surface area contributed by atoms with E-state index in [0.29, 0.717) is 53.8 Å². The van der Waals surface area contributed by atoms with Crippen molar-refractivity contribution in [1.29, 1.82) is 0 Å². The summed E-state index contributed by atoms with van der Waals surface area (Å²) in [4.78, 5) is 57.1. The first-order chi connectivity index (χ1) is 35.0. The van der Waals surface area contributed by atoms with E-state index in [0.717, 1.165) is 73.6 Å². The number of carbonyl (C=O) groups excluding carboxylic acids is 2. The summed E-state index contributed by atoms with van der Waals surface area (Å²) < 4.78 is 5.73. The zero-order chi connectivity index (χ0) is 49.7. The first-order valence-electron chi connectivity index (χ1n) is 24.2. The molecule has 9 aromatic rings. The second-order valence-corrected chi connectivity index (χ2v) is 18.7. The molecule has 0 radical (unpaired) electrons. The molecule has 2 saturated carbocycles. The molecule has 0 amide bonds. The number of aromatic nitrogens is 10. The van der Waals surface area contributed by atoms with Crippen LogP contribution in [-0.2, 0) is 12.8 Å². The van der Waals surface area contributed by atoms with Gasteiger partial charge in [0.2, 0.25) is 11.9 Å². The second-order valence-electron chi connectivity index (χ2n) is 18.7. The Bertz CT molecular complexity index is 3420. The molecule has 5 heterocycles. The van der Waals surface area contributed by atoms with E-state index in [-0.39, 0.29) is 11.6 Å². The number of rotatable bonds is 17. The molecule has 11 rings (SSSR count). The average molecular weight is 957 g/mol. The van der Waals surface area contributed by atoms with Crippen molar-refractivity contribution < 1.29 is 9.59 Å². The van der Waals surface area contributed by atoms with Crippen LogP contribution >= 0.6 is 0 Å². The van der Waals surface area contributed by atoms with Crippen molar-refractivity contribution in [1.82, 2.24) is 48.6 Å². The van der Waals surface area contributed by atoms with Crippen molar-refractivity contribution in [2.24, 2.45) is 0 Å². The summed E-state index contributed by atoms with van der Waals surface area (Å²) >= 11 is 0. The highest BCUT2D eigenvalue weighted by atomic mass is 16.1. The molecular weight excluding hydrogens is 901 g/mol. The van der Waals surface area contributed by atoms with Crippen LogP contribution in [0.2, 0.25) is 0 Å². The summed E-state index contributed by atoms with van der Waals surface area (Å²) in [6, 6.07) is 30.6. The highest BCUT2D eigenvalue weighted by molar-refractivity contribution is 5.99. The maximum Gasteiger partial charge on any atom is 0.213 e. The van der Waals surface area contributed by atoms with E-state index in [4.69, 9.17) is 0 Å². The third kappa shape index (κ3) is 11.6. The normalized spacial score (nSPS) is 13.0. The minimum Gasteiger partial charge on any atom is -0.367 e. The Morgan fingerprint density at radius 3 is 1.61 bits per heavy atom. The number of nitrogens with zero attached hydrogens (tertiary/aromatic N) is 10. The first-order valence-corrected chi connectivity index (χ1v) is 24.2. The van der Waals surface area contributed by atoms with E-state index in [2.05, 4.69) is 74.4 Å². The molecule has 5 aromatic heterocycles. The van der Waals surface area contributed by atoms with Crippen LogP contribution in [0.3, 0.4) is 0 Å². The molecule has 72 heavy (non-hydrogen) atoms. The molecular formula is C56H56N14O2. The Kier molecular flexibility index (Phi) is 13.5. The number of ketones is 2. The average Bonchev–Trinajstić information content (AvgIpc) is 4.20. The minimum absolute atomic E-state index is 0.0475. The van der Waals surface area contributed by atoms with Crippen molar-refractivity contribution in [3.63, 3.8) is 0 Å². The molecule has 362 valence electrons. The predicted molar refractivity (Wildman–Crippen MR) is 281 cm³/mol. The van der Waals surface area contributed by atoms with Gasteiger partial charge in [-0.25, -0.2) is 34.9 Å². The summed E-state index contributed by atoms with van der Waals surface area (Å²) in [5, 5.41) is 13.6. The van der Waals surface area contributed by atoms with Crippen LogP contribution in [0.1, 0.15) is 85.5 Å². The fourth-order valence-electron chi connectivity index (χ4n) is 8.30. The first kappa shape index (κ1) is 46.9. The molecule has 0 bridgehead atoms. The molecule has 0 saturated heterocycles. The van der Waals surface area contributed by atoms with Crippen molar-refractivity contribution in [3.8, 4) is 17.3 Å². The number of imidazole rings is 3. The number of benzene rings is 4. The van der Waals surface area contributed by atoms with Crippen LogP contribution < -0.4 is 21.3 Å². The molecule has 2 aliphatic rings. The zero-order valence-corrected chi connectivity index (χ0v) is 41.0. The summed E-state index contributed by atoms with van der Waals surface area (Å²) in [5.74, 6) is 4.40. The van der Waals surface area contributed by atoms with Gasteiger partial charge in [-0.3, -0.25) is 18.7 Å². The SMILES string of the molecule is Cc1cc(CC(=O)c2ccc(C)c(Nc3nccn3-c3cc(NC4CC4)ncn3)c2)cc(-n2cnc(C)c2)c1.Cc1cccc(CC(=O)c2ccc(C)c(Nc3nccn3-c3cc(NC4CC4)ncn3)c2)c1. The van der Waals surface area contributed by atoms with Gasteiger partial charge < -0.3 is 25.8 Å². The Hall–Kier alpha value is -8.79. The zero-order valence-electron chi connectivity index (χ0n) is 41.0. The largest absolute Gasteiger partial charge is 0.367 e. The van der Waals surface area contributed by atoms with Crippen LogP contribution in [0.15, 0.2) is 141 Å². The Labute approximate surface area is 418 Å². The number of anilines is 6. The molecule has 0 atom stereocenters. The van der Waals surface area contributed by atoms with Gasteiger partial charge in [-0.2, -0.15) is 0 Å². The van der Waals surface area contributed by atoms with Gasteiger partial charge in [0.05, 0.1) is 12.0 Å². The smallest absolute Gasteiger partial charge is 0.213 e. The predicted octanol–water partition coefficient (Wildman–Crippen LogP) is 10.5. The van der Waals surface area contributed by atoms with Gasteiger partial charge in [0.1, 0.15) is 35.9 Å². The molecule has 16 nitrogen and oxygen atoms in total. The molecule has 4 N–H and O–H groups in total. The molecule has 0 unspecified atom stereocenters. The van der Waals surface area contributed by atoms with Gasteiger partial charge in [-0.15, -0.1) is 0 Å². The van der Waals surface area contributed by atoms with Crippen molar-refractivity contribution in [3.05, 3.63) is 191 Å². The topological polar surface area (TPSA) is 187 Å². The van der Waals surface area contributed by atoms with Gasteiger partial charge >= 0.3 is 0 Å². The summed E-state index contributed by atoms with van der Waals surface area (Å²) in [5.41, 5.74) is 11.2. The van der Waals surface area contributed by atoms with Gasteiger partial charge in [-0.05, 0) is 112 Å². The van der Waals surface area contributed by atoms with Crippen molar-refractivity contribution in [2.75, 3.05) is 21.3 Å². The number of aryl methyl sites for hydroxylation is 5. The van der Waals surface area contributed by atoms with Crippen LogP contribution in [0.25, 0.3) is 17.3 Å². The van der Waals surface area contributed by atoms with Crippen molar-refractivity contribution in [2.45, 2.75) is 85.2 Å². The molecule has 2 fully saturated rings. The van der Waals surface area contributed by atoms with E-state index in [9.17, 15) is 9.59 Å². The summed E-state index contributed by atoms with van der Waals surface area (Å²) in [6.45, 7) is 10.1. The maximum absolute atomic E-state index is 13.4. The van der Waals surface area contributed by atoms with Gasteiger partial charge in [-0.1, -0.05) is 60.2 Å². The van der Waals surface area contributed by atoms with Gasteiger partial charge in [0, 0.05) is 96.2 Å². The minimum atomic E-state index is 0.0475. The van der Waals surface area contributed by atoms with Crippen LogP contribution in [0, 0.1) is 34.6 Å². The number of nitrogens with one attached hydrogen (secondary N) is 4. The number of carbonyl (C=O) groups is 2. The third-order valence-corrected chi connectivity index (χ3v) is 12.5. The number of hydrogen-bond donors (Lipinski definition) is 4. The lowest BCUT2D eigenvalue weighted by Gasteiger charge is -2.13. The molecule has 0 spiro atoms. The monoisotopic (exact) mass is 956 g/mol. The standard InChI is InChI=1S/C30H30N8O.C26H26N6O/c1-19-10-22(12-25(11-19)37-16-21(3)34-18-37)13-27(39)23-5-4-20(2)26(14-23)36-30-31-8-9-38(30)29-15-28(32-17-33-29)35-24-6-7-24;1-17-4-3-5-19(12-17)13-23(33)20-7-6-18(2)22(14-20)31-26-27-10-11-32(26)25-15-24(28-16-29-25)30-21-8-9-21/h4-5,8-12,14-18,24H,6-7,13H2,1-3H3,(H,31,36)(H,32,33,35);3-7,10-12,14-16,21H,8-9,13H2,1-2H3,(H,27,31)(H,28,29,30). The van der Waals surface area contributed by atoms with Crippen LogP contribution in [-0.4, -0.2) is 72.2 Å². The molecule has 4 aromatic carbocycles. The summed E-state index contributed by atoms with van der Waals surface area (Å²) in [7, 11) is 0. The second kappa shape index (κ2) is 20.7. The van der Waals surface area contributed by atoms with E-state index in [1.54, 1.807) is 31.4 Å². The van der Waals surface area contributed by atoms with Crippen LogP contribution in [0.5, 0.6) is 0 Å². The van der Waals surface area contributed by atoms with E-state index >= 15 is 0 Å². The Morgan fingerprint density at radius 2 is 1.10 bits per heavy atom. The molecule has 16 heteroatoms. The van der Waals surface area contributed by atoms with Crippen LogP contribution in [0.4, 0.5) is 34.9 Å². The number of hydrogen-bond acceptors (Lipinski definition) is 13. The molecule has 0 aliphatic heterocycles. The van der Waals surface area contributed by atoms with Gasteiger partial charge in [0.15, 0.2) is 11.6 Å². The highest BCUT2D eigenvalue weighted by Gasteiger charge is 2.23. The van der Waals surface area contributed by atoms with E-state index in [1.165, 1.54) is 25.7 Å². The lowest BCUT2D eigenvalue weighted by Crippen LogP contribution is -2.08. The summed E-state index contributed by atoms with van der Waals surface area (Å²) in [6.07, 6.45) is 19.4. The Morgan fingerprint density at radius 1 is 0.556 bits per heavy atom. The fraction of sp³-hybridized carbons (Fsp3) is 0.232. The lowest BCUT2D eigenvalue weighted by molar-refractivity contribution is 0.0985. The maximum atomic E-state index is 13.4. The number of Topliss-reactive ketones (excluding diaryl/α,β-unsaturated/α-hetero) is 2. The fourth-order valence-corrected chi connectivity index (χ4v) is 8.30. The highest BCUT2D eigenvalue weighted by Crippen LogP contribution is 2.29. The Balaban J connectivity index is 0.000000168. The van der Waals surface area contributed by atoms with E-state index < -0.39 is 0 Å². The lowest BCUT2D eigenvalue weighted by atomic mass is 9.99. The van der Waals surface area contributed by atoms with E-state index in [1.807, 2.05) is 140 Å². The quantitative estimate of drug-likeness (QED) is 0.0632. The van der Waals surface area contributed by atoms with Crippen molar-refractivity contribution >= 4 is 46.5 Å². The third-order valence-electron chi connectivity index (χ3n) is 12.5. The van der Waals surface area contributed by atoms with Gasteiger partial charge in [0.25, 0.3) is 0 Å².